The summed E-state index contributed by atoms with van der Waals surface area (Å²) in [6, 6.07) is 0. The smallest absolute Gasteiger partial charge is 0.450 e. The van der Waals surface area contributed by atoms with Gasteiger partial charge < -0.3 is 20.4 Å². The van der Waals surface area contributed by atoms with Crippen LogP contribution in [0.2, 0.25) is 0 Å². The molecule has 0 aromatic heterocycles. The molecule has 0 heterocycles. The van der Waals surface area contributed by atoms with Crippen molar-refractivity contribution >= 4 is 6.16 Å². The number of carbonyl (C=O) groups is 1. The van der Waals surface area contributed by atoms with Crippen LogP contribution in [0.25, 0.3) is 0 Å². The average molecular weight is 152 g/mol. The highest BCUT2D eigenvalue weighted by Crippen LogP contribution is 1.83. The van der Waals surface area contributed by atoms with Gasteiger partial charge in [0.1, 0.15) is 0 Å². The van der Waals surface area contributed by atoms with E-state index in [1.807, 2.05) is 0 Å². The first-order valence-electron chi connectivity index (χ1n) is 2.71. The molecule has 5 heteroatoms. The lowest BCUT2D eigenvalue weighted by Crippen LogP contribution is -2.00. The Morgan fingerprint density at radius 3 is 1.80 bits per heavy atom. The standard InChI is InChI=1S/C4H10O2.CH2O3/c1-4(6)2-3-5;2-1(3)4/h4-6H,2-3H2,1H3;(H2,2,3,4). The fraction of sp³-hybridized carbons (Fsp3) is 0.800. The van der Waals surface area contributed by atoms with Crippen LogP contribution in [0.15, 0.2) is 0 Å². The van der Waals surface area contributed by atoms with Crippen molar-refractivity contribution in [2.75, 3.05) is 6.61 Å². The van der Waals surface area contributed by atoms with Gasteiger partial charge in [0, 0.05) is 6.61 Å². The molecule has 0 aliphatic carbocycles. The molecule has 1 unspecified atom stereocenters. The third kappa shape index (κ3) is 57.4. The van der Waals surface area contributed by atoms with Crippen LogP contribution in [-0.2, 0) is 0 Å². The molecule has 5 nitrogen and oxygen atoms in total. The van der Waals surface area contributed by atoms with Crippen molar-refractivity contribution in [3.05, 3.63) is 0 Å². The van der Waals surface area contributed by atoms with E-state index in [-0.39, 0.29) is 12.7 Å². The van der Waals surface area contributed by atoms with E-state index in [1.54, 1.807) is 6.92 Å². The lowest BCUT2D eigenvalue weighted by molar-refractivity contribution is 0.136. The topological polar surface area (TPSA) is 98.0 Å². The van der Waals surface area contributed by atoms with Gasteiger partial charge in [0.25, 0.3) is 0 Å². The second-order valence-corrected chi connectivity index (χ2v) is 1.64. The fourth-order valence-corrected chi connectivity index (χ4v) is 0.187. The molecule has 0 bridgehead atoms. The zero-order chi connectivity index (χ0) is 8.57. The maximum Gasteiger partial charge on any atom is 0.503 e. The van der Waals surface area contributed by atoms with Crippen molar-refractivity contribution in [2.24, 2.45) is 0 Å². The van der Waals surface area contributed by atoms with E-state index >= 15 is 0 Å². The van der Waals surface area contributed by atoms with E-state index in [2.05, 4.69) is 0 Å². The number of aliphatic hydroxyl groups is 2. The molecule has 1 atom stereocenters. The molecule has 0 aromatic rings. The summed E-state index contributed by atoms with van der Waals surface area (Å²) in [5, 5.41) is 30.4. The zero-order valence-corrected chi connectivity index (χ0v) is 5.69. The molecule has 0 aliphatic rings. The van der Waals surface area contributed by atoms with Crippen molar-refractivity contribution < 1.29 is 25.2 Å². The van der Waals surface area contributed by atoms with Gasteiger partial charge in [-0.2, -0.15) is 0 Å². The van der Waals surface area contributed by atoms with Gasteiger partial charge in [-0.3, -0.25) is 0 Å². The largest absolute Gasteiger partial charge is 0.503 e. The fourth-order valence-electron chi connectivity index (χ4n) is 0.187. The van der Waals surface area contributed by atoms with E-state index < -0.39 is 6.16 Å². The van der Waals surface area contributed by atoms with Gasteiger partial charge in [-0.15, -0.1) is 0 Å². The van der Waals surface area contributed by atoms with Crippen molar-refractivity contribution in [3.63, 3.8) is 0 Å². The Morgan fingerprint density at radius 1 is 1.50 bits per heavy atom. The van der Waals surface area contributed by atoms with Gasteiger partial charge in [0.05, 0.1) is 6.10 Å². The van der Waals surface area contributed by atoms with Gasteiger partial charge in [0.15, 0.2) is 0 Å². The number of rotatable bonds is 2. The first kappa shape index (κ1) is 11.9. The maximum absolute atomic E-state index is 8.56. The molecular formula is C5H12O5. The highest BCUT2D eigenvalue weighted by atomic mass is 16.6. The molecule has 0 saturated heterocycles. The predicted octanol–water partition coefficient (Wildman–Crippen LogP) is -0.0280. The van der Waals surface area contributed by atoms with Gasteiger partial charge in [-0.1, -0.05) is 0 Å². The number of aliphatic hydroxyl groups excluding tert-OH is 2. The van der Waals surface area contributed by atoms with Gasteiger partial charge in [0.2, 0.25) is 0 Å². The maximum atomic E-state index is 8.56. The summed E-state index contributed by atoms with van der Waals surface area (Å²) in [6.45, 7) is 1.73. The summed E-state index contributed by atoms with van der Waals surface area (Å²) >= 11 is 0. The molecular weight excluding hydrogens is 140 g/mol. The van der Waals surface area contributed by atoms with Gasteiger partial charge in [-0.05, 0) is 13.3 Å². The normalized spacial score (nSPS) is 11.1. The number of carboxylic acid groups (broad SMARTS) is 2. The summed E-state index contributed by atoms with van der Waals surface area (Å²) in [5.74, 6) is 0. The predicted molar refractivity (Wildman–Crippen MR) is 34.0 cm³/mol. The molecule has 0 radical (unpaired) electrons. The third-order valence-corrected chi connectivity index (χ3v) is 0.547. The summed E-state index contributed by atoms with van der Waals surface area (Å²) in [5.41, 5.74) is 0. The summed E-state index contributed by atoms with van der Waals surface area (Å²) in [6.07, 6.45) is -1.70. The monoisotopic (exact) mass is 152 g/mol. The van der Waals surface area contributed by atoms with E-state index in [0.717, 1.165) is 0 Å². The van der Waals surface area contributed by atoms with Crippen molar-refractivity contribution in [2.45, 2.75) is 19.4 Å². The Morgan fingerprint density at radius 2 is 1.80 bits per heavy atom. The SMILES string of the molecule is CC(O)CCO.O=C(O)O. The summed E-state index contributed by atoms with van der Waals surface area (Å²) in [4.78, 5) is 8.56. The highest BCUT2D eigenvalue weighted by molar-refractivity contribution is 5.53. The van der Waals surface area contributed by atoms with Crippen LogP contribution in [0.4, 0.5) is 4.79 Å². The molecule has 4 N–H and O–H groups in total. The van der Waals surface area contributed by atoms with Crippen molar-refractivity contribution in [3.8, 4) is 0 Å². The Kier molecular flexibility index (Phi) is 9.77. The van der Waals surface area contributed by atoms with Crippen LogP contribution in [-0.4, -0.2) is 39.3 Å². The first-order valence-corrected chi connectivity index (χ1v) is 2.71. The van der Waals surface area contributed by atoms with Crippen molar-refractivity contribution in [1.82, 2.24) is 0 Å². The van der Waals surface area contributed by atoms with Crippen molar-refractivity contribution in [1.29, 1.82) is 0 Å². The lowest BCUT2D eigenvalue weighted by Gasteiger charge is -1.95. The highest BCUT2D eigenvalue weighted by Gasteiger charge is 1.88. The molecule has 0 aromatic carbocycles. The lowest BCUT2D eigenvalue weighted by atomic mass is 10.3. The van der Waals surface area contributed by atoms with Crippen LogP contribution in [0.5, 0.6) is 0 Å². The molecule has 0 amide bonds. The zero-order valence-electron chi connectivity index (χ0n) is 5.69. The molecule has 0 saturated carbocycles. The van der Waals surface area contributed by atoms with E-state index in [1.165, 1.54) is 0 Å². The van der Waals surface area contributed by atoms with Crippen LogP contribution in [0.1, 0.15) is 13.3 Å². The Bertz CT molecular complexity index is 76.1. The molecule has 62 valence electrons. The van der Waals surface area contributed by atoms with Crippen LogP contribution in [0, 0.1) is 0 Å². The van der Waals surface area contributed by atoms with Crippen LogP contribution < -0.4 is 0 Å². The first-order chi connectivity index (χ1) is 4.50. The minimum absolute atomic E-state index is 0.0810. The Balaban J connectivity index is 0. The van der Waals surface area contributed by atoms with E-state index in [9.17, 15) is 0 Å². The number of hydrogen-bond acceptors (Lipinski definition) is 3. The molecule has 0 aliphatic heterocycles. The number of hydrogen-bond donors (Lipinski definition) is 4. The second-order valence-electron chi connectivity index (χ2n) is 1.64. The van der Waals surface area contributed by atoms with E-state index in [0.29, 0.717) is 6.42 Å². The Labute approximate surface area is 58.5 Å². The molecule has 0 fully saturated rings. The summed E-state index contributed by atoms with van der Waals surface area (Å²) in [7, 11) is 0. The molecule has 10 heavy (non-hydrogen) atoms. The van der Waals surface area contributed by atoms with E-state index in [4.69, 9.17) is 25.2 Å². The van der Waals surface area contributed by atoms with Crippen LogP contribution >= 0.6 is 0 Å². The summed E-state index contributed by atoms with van der Waals surface area (Å²) < 4.78 is 0. The quantitative estimate of drug-likeness (QED) is 0.445. The second kappa shape index (κ2) is 8.19. The average Bonchev–Trinajstić information content (AvgIpc) is 1.62. The molecule has 0 spiro atoms. The minimum Gasteiger partial charge on any atom is -0.450 e. The van der Waals surface area contributed by atoms with Crippen LogP contribution in [0.3, 0.4) is 0 Å². The Hall–Kier alpha value is -0.810. The van der Waals surface area contributed by atoms with Gasteiger partial charge >= 0.3 is 6.16 Å². The molecule has 0 rings (SSSR count). The van der Waals surface area contributed by atoms with Gasteiger partial charge in [-0.25, -0.2) is 4.79 Å². The third-order valence-electron chi connectivity index (χ3n) is 0.547. The minimum atomic E-state index is -1.83.